The van der Waals surface area contributed by atoms with Crippen molar-refractivity contribution in [3.63, 3.8) is 0 Å². The summed E-state index contributed by atoms with van der Waals surface area (Å²) in [4.78, 5) is 13.5. The van der Waals surface area contributed by atoms with E-state index in [9.17, 15) is 18.0 Å². The molecule has 0 saturated heterocycles. The third-order valence-corrected chi connectivity index (χ3v) is 4.61. The van der Waals surface area contributed by atoms with E-state index in [2.05, 4.69) is 0 Å². The molecule has 0 spiro atoms. The first-order valence-electron chi connectivity index (χ1n) is 7.22. The number of carbonyl (C=O) groups is 1. The van der Waals surface area contributed by atoms with Gasteiger partial charge in [0.25, 0.3) is 0 Å². The summed E-state index contributed by atoms with van der Waals surface area (Å²) in [5.74, 6) is 0.803. The summed E-state index contributed by atoms with van der Waals surface area (Å²) >= 11 is 0. The zero-order valence-electron chi connectivity index (χ0n) is 11.5. The molecule has 0 aromatic heterocycles. The minimum atomic E-state index is -4.31. The second-order valence-corrected chi connectivity index (χ2v) is 5.98. The molecule has 2 nitrogen and oxygen atoms in total. The fraction of sp³-hybridized carbons (Fsp3) is 0.929. The maximum absolute atomic E-state index is 12.7. The van der Waals surface area contributed by atoms with Crippen LogP contribution in [0.1, 0.15) is 46.0 Å². The Hall–Kier alpha value is -0.740. The summed E-state index contributed by atoms with van der Waals surface area (Å²) in [6.07, 6.45) is -0.361. The van der Waals surface area contributed by atoms with Crippen LogP contribution in [0.5, 0.6) is 0 Å². The largest absolute Gasteiger partial charge is 0.406 e. The number of carbonyl (C=O) groups excluding carboxylic acids is 1. The van der Waals surface area contributed by atoms with E-state index in [0.29, 0.717) is 24.7 Å². The first-order valence-corrected chi connectivity index (χ1v) is 7.22. The third-order valence-electron chi connectivity index (χ3n) is 4.61. The van der Waals surface area contributed by atoms with E-state index in [0.717, 1.165) is 17.7 Å². The molecule has 0 aromatic rings. The van der Waals surface area contributed by atoms with Gasteiger partial charge in [-0.25, -0.2) is 0 Å². The van der Waals surface area contributed by atoms with Crippen molar-refractivity contribution >= 4 is 5.91 Å². The highest BCUT2D eigenvalue weighted by molar-refractivity contribution is 5.79. The third kappa shape index (κ3) is 3.42. The van der Waals surface area contributed by atoms with Gasteiger partial charge in [0.15, 0.2) is 0 Å². The predicted molar refractivity (Wildman–Crippen MR) is 66.5 cm³/mol. The fourth-order valence-electron chi connectivity index (χ4n) is 3.46. The Morgan fingerprint density at radius 3 is 2.11 bits per heavy atom. The van der Waals surface area contributed by atoms with E-state index in [-0.39, 0.29) is 17.9 Å². The molecular weight excluding hydrogens is 255 g/mol. The van der Waals surface area contributed by atoms with Crippen LogP contribution < -0.4 is 0 Å². The van der Waals surface area contributed by atoms with Gasteiger partial charge in [-0.15, -0.1) is 0 Å². The molecule has 2 fully saturated rings. The van der Waals surface area contributed by atoms with E-state index in [1.54, 1.807) is 0 Å². The van der Waals surface area contributed by atoms with Crippen molar-refractivity contribution < 1.29 is 18.0 Å². The maximum Gasteiger partial charge on any atom is 0.406 e. The van der Waals surface area contributed by atoms with Gasteiger partial charge in [0.1, 0.15) is 6.54 Å². The zero-order valence-corrected chi connectivity index (χ0v) is 11.5. The Balaban J connectivity index is 2.04. The molecule has 2 rings (SSSR count). The first kappa shape index (κ1) is 14.7. The molecule has 19 heavy (non-hydrogen) atoms. The molecule has 0 bridgehead atoms. The minimum Gasteiger partial charge on any atom is -0.330 e. The van der Waals surface area contributed by atoms with Gasteiger partial charge in [-0.3, -0.25) is 4.79 Å². The summed E-state index contributed by atoms with van der Waals surface area (Å²) in [6, 6.07) is -0.286. The van der Waals surface area contributed by atoms with Crippen molar-refractivity contribution in [2.75, 3.05) is 6.54 Å². The van der Waals surface area contributed by atoms with Crippen LogP contribution in [-0.2, 0) is 4.79 Å². The van der Waals surface area contributed by atoms with Crippen molar-refractivity contribution in [2.24, 2.45) is 17.8 Å². The summed E-state index contributed by atoms with van der Waals surface area (Å²) in [7, 11) is 0. The van der Waals surface area contributed by atoms with Gasteiger partial charge in [0.2, 0.25) is 5.91 Å². The van der Waals surface area contributed by atoms with Crippen LogP contribution in [0.15, 0.2) is 0 Å². The standard InChI is InChI=1S/C14H22F3NO/c1-3-12(4-2)18(8-14(15,16)17)13(19)11-6-9-5-10(9)7-11/h9-12H,3-8H2,1-2H3. The number of halogens is 3. The van der Waals surface area contributed by atoms with Gasteiger partial charge in [-0.2, -0.15) is 13.2 Å². The van der Waals surface area contributed by atoms with Crippen LogP contribution in [0.2, 0.25) is 0 Å². The monoisotopic (exact) mass is 277 g/mol. The number of amides is 1. The van der Waals surface area contributed by atoms with Gasteiger partial charge in [0.05, 0.1) is 0 Å². The lowest BCUT2D eigenvalue weighted by Gasteiger charge is -2.33. The van der Waals surface area contributed by atoms with Crippen LogP contribution in [-0.4, -0.2) is 29.6 Å². The SMILES string of the molecule is CCC(CC)N(CC(F)(F)F)C(=O)C1CC2CC2C1. The Labute approximate surface area is 112 Å². The van der Waals surface area contributed by atoms with Crippen molar-refractivity contribution in [1.29, 1.82) is 0 Å². The number of alkyl halides is 3. The van der Waals surface area contributed by atoms with Gasteiger partial charge < -0.3 is 4.90 Å². The molecule has 110 valence electrons. The van der Waals surface area contributed by atoms with Crippen LogP contribution in [0.4, 0.5) is 13.2 Å². The molecule has 0 heterocycles. The summed E-state index contributed by atoms with van der Waals surface area (Å²) < 4.78 is 38.0. The van der Waals surface area contributed by atoms with Crippen LogP contribution in [0.3, 0.4) is 0 Å². The highest BCUT2D eigenvalue weighted by Crippen LogP contribution is 2.54. The van der Waals surface area contributed by atoms with Crippen molar-refractivity contribution in [1.82, 2.24) is 4.90 Å². The number of hydrogen-bond acceptors (Lipinski definition) is 1. The Morgan fingerprint density at radius 2 is 1.68 bits per heavy atom. The van der Waals surface area contributed by atoms with Crippen molar-refractivity contribution in [3.05, 3.63) is 0 Å². The minimum absolute atomic E-state index is 0.160. The zero-order chi connectivity index (χ0) is 14.2. The molecule has 5 heteroatoms. The number of fused-ring (bicyclic) bond motifs is 1. The number of hydrogen-bond donors (Lipinski definition) is 0. The molecule has 0 aliphatic heterocycles. The topological polar surface area (TPSA) is 20.3 Å². The fourth-order valence-corrected chi connectivity index (χ4v) is 3.46. The van der Waals surface area contributed by atoms with Crippen LogP contribution in [0, 0.1) is 17.8 Å². The summed E-state index contributed by atoms with van der Waals surface area (Å²) in [5, 5.41) is 0. The second-order valence-electron chi connectivity index (χ2n) is 5.98. The lowest BCUT2D eigenvalue weighted by Crippen LogP contribution is -2.47. The molecule has 2 aliphatic carbocycles. The Kier molecular flexibility index (Phi) is 4.11. The highest BCUT2D eigenvalue weighted by atomic mass is 19.4. The second kappa shape index (κ2) is 5.33. The molecule has 0 aromatic carbocycles. The van der Waals surface area contributed by atoms with E-state index >= 15 is 0 Å². The molecule has 0 N–H and O–H groups in total. The highest BCUT2D eigenvalue weighted by Gasteiger charge is 2.50. The van der Waals surface area contributed by atoms with Crippen LogP contribution >= 0.6 is 0 Å². The summed E-state index contributed by atoms with van der Waals surface area (Å²) in [5.41, 5.74) is 0. The average Bonchev–Trinajstić information content (AvgIpc) is 2.94. The lowest BCUT2D eigenvalue weighted by molar-refractivity contribution is -0.168. The van der Waals surface area contributed by atoms with Gasteiger partial charge in [-0.05, 0) is 43.9 Å². The smallest absolute Gasteiger partial charge is 0.330 e. The molecule has 2 unspecified atom stereocenters. The van der Waals surface area contributed by atoms with E-state index in [4.69, 9.17) is 0 Å². The van der Waals surface area contributed by atoms with Crippen molar-refractivity contribution in [2.45, 2.75) is 58.2 Å². The molecule has 2 saturated carbocycles. The van der Waals surface area contributed by atoms with Crippen molar-refractivity contribution in [3.8, 4) is 0 Å². The summed E-state index contributed by atoms with van der Waals surface area (Å²) in [6.45, 7) is 2.60. The molecule has 2 aliphatic rings. The number of nitrogens with zero attached hydrogens (tertiary/aromatic N) is 1. The quantitative estimate of drug-likeness (QED) is 0.751. The molecule has 2 atom stereocenters. The number of rotatable bonds is 5. The Bertz CT molecular complexity index is 328. The molecule has 1 amide bonds. The van der Waals surface area contributed by atoms with Gasteiger partial charge in [0, 0.05) is 12.0 Å². The van der Waals surface area contributed by atoms with Gasteiger partial charge >= 0.3 is 6.18 Å². The predicted octanol–water partition coefficient (Wildman–Crippen LogP) is 3.61. The first-order chi connectivity index (χ1) is 8.85. The Morgan fingerprint density at radius 1 is 1.16 bits per heavy atom. The maximum atomic E-state index is 12.7. The molecular formula is C14H22F3NO. The normalized spacial score (nSPS) is 29.5. The molecule has 0 radical (unpaired) electrons. The van der Waals surface area contributed by atoms with Crippen LogP contribution in [0.25, 0.3) is 0 Å². The lowest BCUT2D eigenvalue weighted by atomic mass is 9.99. The van der Waals surface area contributed by atoms with E-state index < -0.39 is 12.7 Å². The average molecular weight is 277 g/mol. The van der Waals surface area contributed by atoms with Gasteiger partial charge in [-0.1, -0.05) is 13.8 Å². The van der Waals surface area contributed by atoms with E-state index in [1.165, 1.54) is 6.42 Å². The van der Waals surface area contributed by atoms with E-state index in [1.807, 2.05) is 13.8 Å².